The number of pyridine rings is 1. The standard InChI is InChI=1S/C17H18N4O2S/c22-24(23,21-9-7-18-8-10-21)16-3-1-13(2-4-16)15-11-14-5-6-19-17(14)20-12-15/h1-6,11-12,18H,7-10H2,(H,19,20). The van der Waals surface area contributed by atoms with Crippen LogP contribution < -0.4 is 5.32 Å². The third kappa shape index (κ3) is 2.71. The largest absolute Gasteiger partial charge is 0.346 e. The van der Waals surface area contributed by atoms with Crippen LogP contribution in [-0.4, -0.2) is 48.9 Å². The van der Waals surface area contributed by atoms with E-state index in [1.807, 2.05) is 30.5 Å². The molecule has 0 saturated carbocycles. The number of rotatable bonds is 3. The monoisotopic (exact) mass is 342 g/mol. The van der Waals surface area contributed by atoms with Crippen LogP contribution in [0.15, 0.2) is 53.7 Å². The smallest absolute Gasteiger partial charge is 0.243 e. The third-order valence-corrected chi connectivity index (χ3v) is 6.21. The maximum absolute atomic E-state index is 12.7. The average Bonchev–Trinajstić information content (AvgIpc) is 3.10. The van der Waals surface area contributed by atoms with Crippen molar-refractivity contribution in [1.82, 2.24) is 19.6 Å². The summed E-state index contributed by atoms with van der Waals surface area (Å²) in [5.74, 6) is 0. The minimum atomic E-state index is -3.41. The van der Waals surface area contributed by atoms with Gasteiger partial charge in [0.1, 0.15) is 5.65 Å². The minimum absolute atomic E-state index is 0.337. The predicted octanol–water partition coefficient (Wildman–Crippen LogP) is 1.82. The number of hydrogen-bond acceptors (Lipinski definition) is 4. The van der Waals surface area contributed by atoms with E-state index in [9.17, 15) is 8.42 Å². The van der Waals surface area contributed by atoms with E-state index in [0.717, 1.165) is 22.2 Å². The van der Waals surface area contributed by atoms with Gasteiger partial charge >= 0.3 is 0 Å². The van der Waals surface area contributed by atoms with E-state index in [4.69, 9.17) is 0 Å². The second kappa shape index (κ2) is 6.01. The zero-order valence-corrected chi connectivity index (χ0v) is 13.9. The summed E-state index contributed by atoms with van der Waals surface area (Å²) in [7, 11) is -3.41. The molecule has 0 aliphatic carbocycles. The molecule has 1 aromatic carbocycles. The molecule has 3 heterocycles. The Labute approximate surface area is 140 Å². The van der Waals surface area contributed by atoms with Gasteiger partial charge in [-0.25, -0.2) is 13.4 Å². The number of piperazine rings is 1. The first-order valence-electron chi connectivity index (χ1n) is 7.89. The Morgan fingerprint density at radius 3 is 2.50 bits per heavy atom. The lowest BCUT2D eigenvalue weighted by atomic mass is 10.1. The summed E-state index contributed by atoms with van der Waals surface area (Å²) in [6, 6.07) is 11.0. The van der Waals surface area contributed by atoms with Gasteiger partial charge in [-0.2, -0.15) is 4.31 Å². The van der Waals surface area contributed by atoms with E-state index < -0.39 is 10.0 Å². The van der Waals surface area contributed by atoms with Crippen molar-refractivity contribution in [2.45, 2.75) is 4.90 Å². The first-order chi connectivity index (χ1) is 11.6. The number of hydrogen-bond donors (Lipinski definition) is 2. The lowest BCUT2D eigenvalue weighted by Crippen LogP contribution is -2.46. The van der Waals surface area contributed by atoms with Crippen LogP contribution in [0.25, 0.3) is 22.2 Å². The number of benzene rings is 1. The van der Waals surface area contributed by atoms with Gasteiger partial charge in [-0.3, -0.25) is 0 Å². The Bertz CT molecular complexity index is 958. The van der Waals surface area contributed by atoms with Gasteiger partial charge in [-0.15, -0.1) is 0 Å². The molecule has 1 aliphatic rings. The maximum Gasteiger partial charge on any atom is 0.243 e. The van der Waals surface area contributed by atoms with Crippen LogP contribution in [0.4, 0.5) is 0 Å². The molecular weight excluding hydrogens is 324 g/mol. The highest BCUT2D eigenvalue weighted by atomic mass is 32.2. The Hall–Kier alpha value is -2.22. The van der Waals surface area contributed by atoms with E-state index in [-0.39, 0.29) is 0 Å². The van der Waals surface area contributed by atoms with Gasteiger partial charge in [0.15, 0.2) is 0 Å². The normalized spacial score (nSPS) is 16.5. The lowest BCUT2D eigenvalue weighted by molar-refractivity contribution is 0.360. The van der Waals surface area contributed by atoms with Crippen LogP contribution in [0.2, 0.25) is 0 Å². The van der Waals surface area contributed by atoms with Crippen molar-refractivity contribution in [2.24, 2.45) is 0 Å². The number of aromatic amines is 1. The Kier molecular flexibility index (Phi) is 3.84. The highest BCUT2D eigenvalue weighted by Gasteiger charge is 2.25. The molecule has 1 aliphatic heterocycles. The molecule has 0 radical (unpaired) electrons. The van der Waals surface area contributed by atoms with Crippen molar-refractivity contribution in [3.8, 4) is 11.1 Å². The zero-order chi connectivity index (χ0) is 16.6. The Balaban J connectivity index is 1.64. The summed E-state index contributed by atoms with van der Waals surface area (Å²) in [4.78, 5) is 7.77. The van der Waals surface area contributed by atoms with Crippen LogP contribution in [0.1, 0.15) is 0 Å². The van der Waals surface area contributed by atoms with Crippen molar-refractivity contribution < 1.29 is 8.42 Å². The number of nitrogens with one attached hydrogen (secondary N) is 2. The molecule has 3 aromatic rings. The molecule has 0 bridgehead atoms. The van der Waals surface area contributed by atoms with E-state index in [2.05, 4.69) is 15.3 Å². The second-order valence-corrected chi connectivity index (χ2v) is 7.76. The second-order valence-electron chi connectivity index (χ2n) is 5.82. The number of fused-ring (bicyclic) bond motifs is 1. The molecule has 1 saturated heterocycles. The number of sulfonamides is 1. The van der Waals surface area contributed by atoms with E-state index in [0.29, 0.717) is 31.1 Å². The van der Waals surface area contributed by atoms with Crippen LogP contribution in [0.5, 0.6) is 0 Å². The maximum atomic E-state index is 12.7. The molecule has 1 fully saturated rings. The van der Waals surface area contributed by atoms with Gasteiger partial charge in [0.05, 0.1) is 4.90 Å². The third-order valence-electron chi connectivity index (χ3n) is 4.30. The summed E-state index contributed by atoms with van der Waals surface area (Å²) in [5.41, 5.74) is 2.76. The molecule has 2 aromatic heterocycles. The lowest BCUT2D eigenvalue weighted by Gasteiger charge is -2.26. The number of H-pyrrole nitrogens is 1. The van der Waals surface area contributed by atoms with Gasteiger partial charge in [0.2, 0.25) is 10.0 Å². The Morgan fingerprint density at radius 2 is 1.75 bits per heavy atom. The topological polar surface area (TPSA) is 78.1 Å². The quantitative estimate of drug-likeness (QED) is 0.761. The first kappa shape index (κ1) is 15.3. The van der Waals surface area contributed by atoms with E-state index in [1.54, 1.807) is 18.3 Å². The van der Waals surface area contributed by atoms with Crippen molar-refractivity contribution >= 4 is 21.1 Å². The van der Waals surface area contributed by atoms with Crippen molar-refractivity contribution in [1.29, 1.82) is 0 Å². The van der Waals surface area contributed by atoms with E-state index in [1.165, 1.54) is 4.31 Å². The number of nitrogens with zero attached hydrogens (tertiary/aromatic N) is 2. The molecule has 0 atom stereocenters. The van der Waals surface area contributed by atoms with Gasteiger partial charge < -0.3 is 10.3 Å². The molecule has 0 unspecified atom stereocenters. The average molecular weight is 342 g/mol. The van der Waals surface area contributed by atoms with Crippen LogP contribution in [0.3, 0.4) is 0 Å². The summed E-state index contributed by atoms with van der Waals surface area (Å²) in [6.45, 7) is 2.41. The van der Waals surface area contributed by atoms with Gasteiger partial charge in [0.25, 0.3) is 0 Å². The molecule has 7 heteroatoms. The fraction of sp³-hybridized carbons (Fsp3) is 0.235. The molecule has 124 valence electrons. The molecule has 4 rings (SSSR count). The summed E-state index contributed by atoms with van der Waals surface area (Å²) >= 11 is 0. The highest BCUT2D eigenvalue weighted by Crippen LogP contribution is 2.25. The fourth-order valence-corrected chi connectivity index (χ4v) is 4.39. The summed E-state index contributed by atoms with van der Waals surface area (Å²) in [6.07, 6.45) is 3.64. The van der Waals surface area contributed by atoms with Crippen molar-refractivity contribution in [3.63, 3.8) is 0 Å². The molecule has 6 nitrogen and oxygen atoms in total. The molecule has 0 spiro atoms. The first-order valence-corrected chi connectivity index (χ1v) is 9.33. The van der Waals surface area contributed by atoms with Crippen molar-refractivity contribution in [3.05, 3.63) is 48.8 Å². The molecule has 2 N–H and O–H groups in total. The number of aromatic nitrogens is 2. The predicted molar refractivity (Wildman–Crippen MR) is 93.2 cm³/mol. The van der Waals surface area contributed by atoms with Crippen LogP contribution in [-0.2, 0) is 10.0 Å². The summed E-state index contributed by atoms with van der Waals surface area (Å²) < 4.78 is 26.8. The van der Waals surface area contributed by atoms with Gasteiger partial charge in [-0.05, 0) is 29.8 Å². The fourth-order valence-electron chi connectivity index (χ4n) is 2.95. The van der Waals surface area contributed by atoms with E-state index >= 15 is 0 Å². The summed E-state index contributed by atoms with van der Waals surface area (Å²) in [5, 5.41) is 4.20. The van der Waals surface area contributed by atoms with Gasteiger partial charge in [0, 0.05) is 49.5 Å². The molecule has 24 heavy (non-hydrogen) atoms. The molecular formula is C17H18N4O2S. The van der Waals surface area contributed by atoms with Gasteiger partial charge in [-0.1, -0.05) is 12.1 Å². The minimum Gasteiger partial charge on any atom is -0.346 e. The Morgan fingerprint density at radius 1 is 1.00 bits per heavy atom. The SMILES string of the molecule is O=S(=O)(c1ccc(-c2cnc3[nH]ccc3c2)cc1)N1CCNCC1. The van der Waals surface area contributed by atoms with Crippen molar-refractivity contribution in [2.75, 3.05) is 26.2 Å². The zero-order valence-electron chi connectivity index (χ0n) is 13.1. The van der Waals surface area contributed by atoms with Crippen LogP contribution in [0, 0.1) is 0 Å². The molecule has 0 amide bonds. The van der Waals surface area contributed by atoms with Crippen LogP contribution >= 0.6 is 0 Å². The highest BCUT2D eigenvalue weighted by molar-refractivity contribution is 7.89.